The van der Waals surface area contributed by atoms with Gasteiger partial charge in [-0.3, -0.25) is 0 Å². The van der Waals surface area contributed by atoms with E-state index in [9.17, 15) is 0 Å². The molecule has 0 aliphatic heterocycles. The Balaban J connectivity index is 3.08. The lowest BCUT2D eigenvalue weighted by Crippen LogP contribution is -2.31. The van der Waals surface area contributed by atoms with Gasteiger partial charge in [0.2, 0.25) is 0 Å². The molecule has 0 unspecified atom stereocenters. The van der Waals surface area contributed by atoms with Gasteiger partial charge in [0, 0.05) is 12.2 Å². The van der Waals surface area contributed by atoms with Crippen LogP contribution in [0.1, 0.15) is 39.4 Å². The van der Waals surface area contributed by atoms with Gasteiger partial charge >= 0.3 is 0 Å². The van der Waals surface area contributed by atoms with E-state index in [0.29, 0.717) is 6.04 Å². The number of hydrogen-bond acceptors (Lipinski definition) is 2. The predicted octanol–water partition coefficient (Wildman–Crippen LogP) is 1.66. The third-order valence-electron chi connectivity index (χ3n) is 1.88. The van der Waals surface area contributed by atoms with Crippen molar-refractivity contribution in [3.63, 3.8) is 0 Å². The zero-order valence-corrected chi connectivity index (χ0v) is 8.20. The summed E-state index contributed by atoms with van der Waals surface area (Å²) in [6.07, 6.45) is 3.66. The molecule has 0 radical (unpaired) electrons. The zero-order chi connectivity index (χ0) is 9.35. The molecule has 68 valence electrons. The summed E-state index contributed by atoms with van der Waals surface area (Å²) in [5.41, 5.74) is 6.76. The lowest BCUT2D eigenvalue weighted by atomic mass is 10.0. The summed E-state index contributed by atoms with van der Waals surface area (Å²) in [5, 5.41) is 0. The van der Waals surface area contributed by atoms with Crippen LogP contribution >= 0.6 is 0 Å². The second kappa shape index (κ2) is 2.90. The fourth-order valence-electron chi connectivity index (χ4n) is 1.22. The van der Waals surface area contributed by atoms with Crippen molar-refractivity contribution in [2.75, 3.05) is 0 Å². The maximum Gasteiger partial charge on any atom is 0.0951 e. The number of imidazole rings is 1. The Labute approximate surface area is 73.6 Å². The number of aromatic nitrogens is 2. The monoisotopic (exact) mass is 167 g/mol. The Morgan fingerprint density at radius 1 is 1.50 bits per heavy atom. The van der Waals surface area contributed by atoms with E-state index in [1.807, 2.05) is 26.4 Å². The van der Waals surface area contributed by atoms with Crippen LogP contribution in [0.4, 0.5) is 0 Å². The van der Waals surface area contributed by atoms with Crippen LogP contribution < -0.4 is 5.73 Å². The first-order valence-electron chi connectivity index (χ1n) is 4.24. The standard InChI is InChI=1S/C9H17N3/c1-7(2)12-6-11-5-8(12)9(3,4)10/h5-7H,10H2,1-4H3. The summed E-state index contributed by atoms with van der Waals surface area (Å²) < 4.78 is 2.10. The molecule has 1 heterocycles. The molecule has 1 aromatic rings. The van der Waals surface area contributed by atoms with Crippen molar-refractivity contribution in [2.45, 2.75) is 39.3 Å². The first-order chi connectivity index (χ1) is 5.43. The van der Waals surface area contributed by atoms with Crippen LogP contribution in [0, 0.1) is 0 Å². The fraction of sp³-hybridized carbons (Fsp3) is 0.667. The third-order valence-corrected chi connectivity index (χ3v) is 1.88. The molecular formula is C9H17N3. The van der Waals surface area contributed by atoms with Gasteiger partial charge < -0.3 is 10.3 Å². The van der Waals surface area contributed by atoms with Gasteiger partial charge in [-0.25, -0.2) is 4.98 Å². The molecule has 0 saturated heterocycles. The lowest BCUT2D eigenvalue weighted by molar-refractivity contribution is 0.466. The summed E-state index contributed by atoms with van der Waals surface area (Å²) in [6, 6.07) is 0.422. The van der Waals surface area contributed by atoms with Crippen molar-refractivity contribution >= 4 is 0 Å². The molecule has 1 rings (SSSR count). The highest BCUT2D eigenvalue weighted by Crippen LogP contribution is 2.19. The lowest BCUT2D eigenvalue weighted by Gasteiger charge is -2.22. The molecular weight excluding hydrogens is 150 g/mol. The minimum atomic E-state index is -0.305. The molecule has 0 fully saturated rings. The third kappa shape index (κ3) is 1.67. The first kappa shape index (κ1) is 9.26. The molecule has 2 N–H and O–H groups in total. The summed E-state index contributed by atoms with van der Waals surface area (Å²) in [7, 11) is 0. The van der Waals surface area contributed by atoms with E-state index in [1.165, 1.54) is 0 Å². The summed E-state index contributed by atoms with van der Waals surface area (Å²) in [5.74, 6) is 0. The minimum Gasteiger partial charge on any atom is -0.330 e. The molecule has 12 heavy (non-hydrogen) atoms. The van der Waals surface area contributed by atoms with Crippen LogP contribution in [0.15, 0.2) is 12.5 Å². The van der Waals surface area contributed by atoms with Crippen LogP contribution in [-0.4, -0.2) is 9.55 Å². The first-order valence-corrected chi connectivity index (χ1v) is 4.24. The van der Waals surface area contributed by atoms with Gasteiger partial charge in [0.15, 0.2) is 0 Å². The quantitative estimate of drug-likeness (QED) is 0.728. The van der Waals surface area contributed by atoms with E-state index < -0.39 is 0 Å². The highest BCUT2D eigenvalue weighted by atomic mass is 15.1. The molecule has 0 spiro atoms. The average Bonchev–Trinajstić information content (AvgIpc) is 2.30. The normalized spacial score (nSPS) is 12.5. The summed E-state index contributed by atoms with van der Waals surface area (Å²) in [4.78, 5) is 4.09. The van der Waals surface area contributed by atoms with Gasteiger partial charge in [0.25, 0.3) is 0 Å². The molecule has 0 aromatic carbocycles. The topological polar surface area (TPSA) is 43.8 Å². The molecule has 3 nitrogen and oxygen atoms in total. The average molecular weight is 167 g/mol. The van der Waals surface area contributed by atoms with E-state index in [-0.39, 0.29) is 5.54 Å². The zero-order valence-electron chi connectivity index (χ0n) is 8.20. The van der Waals surface area contributed by atoms with Crippen molar-refractivity contribution in [2.24, 2.45) is 5.73 Å². The Kier molecular flexibility index (Phi) is 2.24. The summed E-state index contributed by atoms with van der Waals surface area (Å²) in [6.45, 7) is 8.22. The number of rotatable bonds is 2. The molecule has 0 saturated carbocycles. The van der Waals surface area contributed by atoms with Crippen molar-refractivity contribution in [3.8, 4) is 0 Å². The number of nitrogens with two attached hydrogens (primary N) is 1. The molecule has 1 aromatic heterocycles. The van der Waals surface area contributed by atoms with Crippen LogP contribution in [0.5, 0.6) is 0 Å². The second-order valence-corrected chi connectivity index (χ2v) is 4.00. The van der Waals surface area contributed by atoms with Crippen molar-refractivity contribution in [1.29, 1.82) is 0 Å². The van der Waals surface area contributed by atoms with Crippen LogP contribution in [0.2, 0.25) is 0 Å². The fourth-order valence-corrected chi connectivity index (χ4v) is 1.22. The van der Waals surface area contributed by atoms with Gasteiger partial charge in [0.1, 0.15) is 0 Å². The SMILES string of the molecule is CC(C)n1cncc1C(C)(C)N. The Hall–Kier alpha value is -0.830. The smallest absolute Gasteiger partial charge is 0.0951 e. The molecule has 0 bridgehead atoms. The highest BCUT2D eigenvalue weighted by Gasteiger charge is 2.19. The summed E-state index contributed by atoms with van der Waals surface area (Å²) >= 11 is 0. The van der Waals surface area contributed by atoms with E-state index in [1.54, 1.807) is 0 Å². The molecule has 0 aliphatic rings. The minimum absolute atomic E-state index is 0.305. The van der Waals surface area contributed by atoms with E-state index in [4.69, 9.17) is 5.73 Å². The van der Waals surface area contributed by atoms with Crippen LogP contribution in [0.25, 0.3) is 0 Å². The maximum atomic E-state index is 5.98. The number of nitrogens with zero attached hydrogens (tertiary/aromatic N) is 2. The highest BCUT2D eigenvalue weighted by molar-refractivity contribution is 5.10. The van der Waals surface area contributed by atoms with E-state index in [2.05, 4.69) is 23.4 Å². The maximum absolute atomic E-state index is 5.98. The molecule has 0 amide bonds. The largest absolute Gasteiger partial charge is 0.330 e. The van der Waals surface area contributed by atoms with E-state index in [0.717, 1.165) is 5.69 Å². The van der Waals surface area contributed by atoms with Gasteiger partial charge in [-0.2, -0.15) is 0 Å². The Morgan fingerprint density at radius 2 is 2.08 bits per heavy atom. The van der Waals surface area contributed by atoms with Gasteiger partial charge in [0.05, 0.1) is 17.6 Å². The second-order valence-electron chi connectivity index (χ2n) is 4.00. The van der Waals surface area contributed by atoms with Crippen LogP contribution in [0.3, 0.4) is 0 Å². The Bertz CT molecular complexity index is 255. The Morgan fingerprint density at radius 3 is 2.42 bits per heavy atom. The van der Waals surface area contributed by atoms with Gasteiger partial charge in [-0.15, -0.1) is 0 Å². The van der Waals surface area contributed by atoms with E-state index >= 15 is 0 Å². The van der Waals surface area contributed by atoms with Crippen LogP contribution in [-0.2, 0) is 5.54 Å². The van der Waals surface area contributed by atoms with Gasteiger partial charge in [-0.05, 0) is 27.7 Å². The molecule has 0 atom stereocenters. The van der Waals surface area contributed by atoms with Crippen molar-refractivity contribution < 1.29 is 0 Å². The van der Waals surface area contributed by atoms with Gasteiger partial charge in [-0.1, -0.05) is 0 Å². The predicted molar refractivity (Wildman–Crippen MR) is 49.8 cm³/mol. The van der Waals surface area contributed by atoms with Crippen molar-refractivity contribution in [1.82, 2.24) is 9.55 Å². The number of hydrogen-bond donors (Lipinski definition) is 1. The molecule has 0 aliphatic carbocycles. The molecule has 3 heteroatoms. The van der Waals surface area contributed by atoms with Crippen molar-refractivity contribution in [3.05, 3.63) is 18.2 Å².